The van der Waals surface area contributed by atoms with Crippen molar-refractivity contribution < 1.29 is 0 Å². The summed E-state index contributed by atoms with van der Waals surface area (Å²) in [5, 5.41) is 0. The summed E-state index contributed by atoms with van der Waals surface area (Å²) in [5.41, 5.74) is 0. The maximum Gasteiger partial charge on any atom is 0.0224 e. The van der Waals surface area contributed by atoms with Crippen LogP contribution in [0.1, 0.15) is 39.0 Å². The lowest BCUT2D eigenvalue weighted by atomic mass is 9.95. The van der Waals surface area contributed by atoms with Gasteiger partial charge in [0.15, 0.2) is 0 Å². The van der Waals surface area contributed by atoms with E-state index < -0.39 is 0 Å². The van der Waals surface area contributed by atoms with Crippen LogP contribution in [-0.2, 0) is 0 Å². The van der Waals surface area contributed by atoms with Gasteiger partial charge in [-0.2, -0.15) is 11.8 Å². The molecule has 3 heterocycles. The van der Waals surface area contributed by atoms with E-state index in [1.165, 1.54) is 63.2 Å². The minimum absolute atomic E-state index is 0.789. The summed E-state index contributed by atoms with van der Waals surface area (Å²) in [7, 11) is 0. The quantitative estimate of drug-likeness (QED) is 0.710. The molecule has 0 spiro atoms. The third kappa shape index (κ3) is 2.66. The molecule has 0 radical (unpaired) electrons. The lowest BCUT2D eigenvalue weighted by Crippen LogP contribution is -2.61. The standard InChI is InChI=1S/C14H26N2S/c1-12-10-15-7-3-2-4-14(15)11-16(12)13-5-8-17-9-6-13/h12-14H,2-11H2,1H3. The fourth-order valence-electron chi connectivity index (χ4n) is 3.90. The Kier molecular flexibility index (Phi) is 3.98. The van der Waals surface area contributed by atoms with Crippen molar-refractivity contribution in [3.8, 4) is 0 Å². The van der Waals surface area contributed by atoms with Gasteiger partial charge in [-0.25, -0.2) is 0 Å². The first-order valence-electron chi connectivity index (χ1n) is 7.42. The molecule has 3 fully saturated rings. The average molecular weight is 254 g/mol. The van der Waals surface area contributed by atoms with Crippen LogP contribution in [-0.4, -0.2) is 59.1 Å². The number of piperazine rings is 1. The van der Waals surface area contributed by atoms with Gasteiger partial charge in [0.2, 0.25) is 0 Å². The van der Waals surface area contributed by atoms with Crippen LogP contribution in [0.25, 0.3) is 0 Å². The third-order valence-electron chi connectivity index (χ3n) is 4.90. The van der Waals surface area contributed by atoms with Crippen molar-refractivity contribution >= 4 is 11.8 Å². The van der Waals surface area contributed by atoms with Crippen LogP contribution in [0.3, 0.4) is 0 Å². The summed E-state index contributed by atoms with van der Waals surface area (Å²) in [5.74, 6) is 2.78. The first-order valence-corrected chi connectivity index (χ1v) is 8.57. The average Bonchev–Trinajstić information content (AvgIpc) is 2.39. The number of hydrogen-bond acceptors (Lipinski definition) is 3. The molecule has 3 aliphatic heterocycles. The van der Waals surface area contributed by atoms with Gasteiger partial charge in [-0.15, -0.1) is 0 Å². The monoisotopic (exact) mass is 254 g/mol. The molecule has 0 aromatic carbocycles. The van der Waals surface area contributed by atoms with Crippen molar-refractivity contribution in [1.29, 1.82) is 0 Å². The number of fused-ring (bicyclic) bond motifs is 1. The van der Waals surface area contributed by atoms with E-state index in [-0.39, 0.29) is 0 Å². The highest BCUT2D eigenvalue weighted by molar-refractivity contribution is 7.99. The van der Waals surface area contributed by atoms with Crippen LogP contribution in [0.4, 0.5) is 0 Å². The SMILES string of the molecule is CC1CN2CCCCC2CN1C1CCSCC1. The van der Waals surface area contributed by atoms with E-state index in [0.717, 1.165) is 18.1 Å². The van der Waals surface area contributed by atoms with Crippen molar-refractivity contribution in [2.75, 3.05) is 31.1 Å². The van der Waals surface area contributed by atoms with E-state index in [1.807, 2.05) is 0 Å². The maximum absolute atomic E-state index is 2.85. The van der Waals surface area contributed by atoms with Gasteiger partial charge >= 0.3 is 0 Å². The first kappa shape index (κ1) is 12.3. The van der Waals surface area contributed by atoms with Crippen molar-refractivity contribution in [2.24, 2.45) is 0 Å². The maximum atomic E-state index is 2.85. The van der Waals surface area contributed by atoms with Gasteiger partial charge in [0.05, 0.1) is 0 Å². The second-order valence-electron chi connectivity index (χ2n) is 6.03. The normalized spacial score (nSPS) is 37.9. The topological polar surface area (TPSA) is 6.48 Å². The third-order valence-corrected chi connectivity index (χ3v) is 5.94. The molecule has 0 amide bonds. The molecule has 0 bridgehead atoms. The molecule has 0 aromatic rings. The Labute approximate surface area is 110 Å². The number of hydrogen-bond donors (Lipinski definition) is 0. The summed E-state index contributed by atoms with van der Waals surface area (Å²) in [6, 6.07) is 2.57. The zero-order chi connectivity index (χ0) is 11.7. The van der Waals surface area contributed by atoms with E-state index in [1.54, 1.807) is 0 Å². The van der Waals surface area contributed by atoms with Crippen molar-refractivity contribution in [3.63, 3.8) is 0 Å². The summed E-state index contributed by atoms with van der Waals surface area (Å²) >= 11 is 2.15. The highest BCUT2D eigenvalue weighted by atomic mass is 32.2. The molecule has 3 heteroatoms. The molecule has 98 valence electrons. The molecule has 2 unspecified atom stereocenters. The number of piperidine rings is 1. The largest absolute Gasteiger partial charge is 0.298 e. The van der Waals surface area contributed by atoms with Crippen molar-refractivity contribution in [3.05, 3.63) is 0 Å². The van der Waals surface area contributed by atoms with Gasteiger partial charge in [0.25, 0.3) is 0 Å². The lowest BCUT2D eigenvalue weighted by Gasteiger charge is -2.50. The fourth-order valence-corrected chi connectivity index (χ4v) is 4.98. The van der Waals surface area contributed by atoms with Crippen molar-refractivity contribution in [2.45, 2.75) is 57.2 Å². The molecule has 3 aliphatic rings. The predicted molar refractivity (Wildman–Crippen MR) is 75.7 cm³/mol. The van der Waals surface area contributed by atoms with Crippen LogP contribution >= 0.6 is 11.8 Å². The van der Waals surface area contributed by atoms with E-state index in [2.05, 4.69) is 28.5 Å². The number of rotatable bonds is 1. The van der Waals surface area contributed by atoms with E-state index >= 15 is 0 Å². The lowest BCUT2D eigenvalue weighted by molar-refractivity contribution is -0.00954. The van der Waals surface area contributed by atoms with E-state index in [4.69, 9.17) is 0 Å². The molecule has 17 heavy (non-hydrogen) atoms. The van der Waals surface area contributed by atoms with Gasteiger partial charge in [0.1, 0.15) is 0 Å². The van der Waals surface area contributed by atoms with Crippen LogP contribution in [0.5, 0.6) is 0 Å². The summed E-state index contributed by atoms with van der Waals surface area (Å²) in [6.45, 7) is 6.50. The smallest absolute Gasteiger partial charge is 0.0224 e. The Balaban J connectivity index is 1.64. The van der Waals surface area contributed by atoms with Gasteiger partial charge in [0, 0.05) is 31.2 Å². The minimum Gasteiger partial charge on any atom is -0.298 e. The second kappa shape index (κ2) is 5.50. The van der Waals surface area contributed by atoms with Crippen LogP contribution in [0.2, 0.25) is 0 Å². The van der Waals surface area contributed by atoms with Crippen LogP contribution in [0.15, 0.2) is 0 Å². The second-order valence-corrected chi connectivity index (χ2v) is 7.26. The highest BCUT2D eigenvalue weighted by Crippen LogP contribution is 2.29. The molecule has 0 saturated carbocycles. The summed E-state index contributed by atoms with van der Waals surface area (Å²) < 4.78 is 0. The summed E-state index contributed by atoms with van der Waals surface area (Å²) in [6.07, 6.45) is 7.21. The fraction of sp³-hybridized carbons (Fsp3) is 1.00. The molecule has 0 aliphatic carbocycles. The van der Waals surface area contributed by atoms with E-state index in [0.29, 0.717) is 0 Å². The molecular formula is C14H26N2S. The Morgan fingerprint density at radius 2 is 1.76 bits per heavy atom. The van der Waals surface area contributed by atoms with E-state index in [9.17, 15) is 0 Å². The minimum atomic E-state index is 0.789. The molecule has 2 nitrogen and oxygen atoms in total. The Hall–Kier alpha value is 0.270. The molecule has 3 saturated heterocycles. The van der Waals surface area contributed by atoms with Gasteiger partial charge in [-0.3, -0.25) is 9.80 Å². The molecule has 2 atom stereocenters. The Morgan fingerprint density at radius 1 is 0.941 bits per heavy atom. The first-order chi connectivity index (χ1) is 8.34. The zero-order valence-corrected chi connectivity index (χ0v) is 11.9. The van der Waals surface area contributed by atoms with Crippen LogP contribution < -0.4 is 0 Å². The van der Waals surface area contributed by atoms with Crippen molar-refractivity contribution in [1.82, 2.24) is 9.80 Å². The Morgan fingerprint density at radius 3 is 2.59 bits per heavy atom. The number of thioether (sulfide) groups is 1. The molecule has 0 aromatic heterocycles. The molecule has 0 N–H and O–H groups in total. The Bertz CT molecular complexity index is 253. The van der Waals surface area contributed by atoms with Gasteiger partial charge in [-0.05, 0) is 50.7 Å². The summed E-state index contributed by atoms with van der Waals surface area (Å²) in [4.78, 5) is 5.62. The molecule has 3 rings (SSSR count). The number of nitrogens with zero attached hydrogens (tertiary/aromatic N) is 2. The van der Waals surface area contributed by atoms with Gasteiger partial charge < -0.3 is 0 Å². The zero-order valence-electron chi connectivity index (χ0n) is 11.1. The predicted octanol–water partition coefficient (Wildman–Crippen LogP) is 2.44. The molecular weight excluding hydrogens is 228 g/mol. The van der Waals surface area contributed by atoms with Crippen LogP contribution in [0, 0.1) is 0 Å². The highest BCUT2D eigenvalue weighted by Gasteiger charge is 2.36. The van der Waals surface area contributed by atoms with Gasteiger partial charge in [-0.1, -0.05) is 6.42 Å².